The minimum atomic E-state index is -0.156. The molecule has 0 atom stereocenters. The maximum Gasteiger partial charge on any atom is 0.310 e. The molecule has 1 aliphatic heterocycles. The first kappa shape index (κ1) is 16.1. The molecule has 0 N–H and O–H groups in total. The van der Waals surface area contributed by atoms with Gasteiger partial charge in [0.05, 0.1) is 13.0 Å². The van der Waals surface area contributed by atoms with E-state index in [9.17, 15) is 4.79 Å². The highest BCUT2D eigenvalue weighted by Gasteiger charge is 2.29. The standard InChI is InChI=1S/C19H26N2O2/c1-6-23-18(22)9-15-10-20(5)17-8-14-12-21(19(2,3)4)11-13(14)7-16(15)17/h7-8,10H,6,9,11-12H2,1-5H3. The molecule has 3 rings (SSSR count). The summed E-state index contributed by atoms with van der Waals surface area (Å²) >= 11 is 0. The van der Waals surface area contributed by atoms with E-state index in [2.05, 4.69) is 48.6 Å². The molecule has 0 unspecified atom stereocenters. The zero-order chi connectivity index (χ0) is 16.8. The molecule has 1 aromatic heterocycles. The van der Waals surface area contributed by atoms with Gasteiger partial charge in [0.2, 0.25) is 0 Å². The molecular formula is C19H26N2O2. The zero-order valence-electron chi connectivity index (χ0n) is 14.8. The van der Waals surface area contributed by atoms with Crippen LogP contribution in [0.4, 0.5) is 0 Å². The molecule has 4 nitrogen and oxygen atoms in total. The van der Waals surface area contributed by atoms with Crippen LogP contribution in [0.25, 0.3) is 10.9 Å². The third-order valence-corrected chi connectivity index (χ3v) is 4.70. The molecule has 124 valence electrons. The van der Waals surface area contributed by atoms with E-state index < -0.39 is 0 Å². The third-order valence-electron chi connectivity index (χ3n) is 4.70. The molecule has 0 saturated carbocycles. The van der Waals surface area contributed by atoms with Crippen molar-refractivity contribution < 1.29 is 9.53 Å². The van der Waals surface area contributed by atoms with Gasteiger partial charge in [0.25, 0.3) is 0 Å². The minimum absolute atomic E-state index is 0.156. The highest BCUT2D eigenvalue weighted by atomic mass is 16.5. The number of benzene rings is 1. The van der Waals surface area contributed by atoms with Crippen LogP contribution in [0.15, 0.2) is 18.3 Å². The van der Waals surface area contributed by atoms with Gasteiger partial charge in [0.15, 0.2) is 0 Å². The van der Waals surface area contributed by atoms with Crippen molar-refractivity contribution in [2.24, 2.45) is 7.05 Å². The fourth-order valence-electron chi connectivity index (χ4n) is 3.34. The van der Waals surface area contributed by atoms with Gasteiger partial charge in [0, 0.05) is 42.8 Å². The number of fused-ring (bicyclic) bond motifs is 2. The number of hydrogen-bond donors (Lipinski definition) is 0. The van der Waals surface area contributed by atoms with Crippen LogP contribution in [-0.2, 0) is 36.1 Å². The lowest BCUT2D eigenvalue weighted by atomic mass is 10.0. The lowest BCUT2D eigenvalue weighted by Gasteiger charge is -2.31. The van der Waals surface area contributed by atoms with Gasteiger partial charge in [-0.3, -0.25) is 9.69 Å². The van der Waals surface area contributed by atoms with E-state index in [1.165, 1.54) is 22.0 Å². The highest BCUT2D eigenvalue weighted by molar-refractivity contribution is 5.89. The molecule has 0 radical (unpaired) electrons. The van der Waals surface area contributed by atoms with Gasteiger partial charge in [-0.25, -0.2) is 0 Å². The maximum atomic E-state index is 11.8. The summed E-state index contributed by atoms with van der Waals surface area (Å²) in [5.41, 5.74) is 5.19. The number of rotatable bonds is 3. The van der Waals surface area contributed by atoms with Crippen molar-refractivity contribution in [1.82, 2.24) is 9.47 Å². The molecule has 1 aromatic carbocycles. The average Bonchev–Trinajstić information content (AvgIpc) is 2.99. The Kier molecular flexibility index (Phi) is 3.96. The van der Waals surface area contributed by atoms with E-state index in [0.29, 0.717) is 13.0 Å². The van der Waals surface area contributed by atoms with E-state index >= 15 is 0 Å². The summed E-state index contributed by atoms with van der Waals surface area (Å²) in [7, 11) is 2.04. The van der Waals surface area contributed by atoms with Crippen molar-refractivity contribution in [3.05, 3.63) is 35.0 Å². The largest absolute Gasteiger partial charge is 0.466 e. The molecule has 0 amide bonds. The summed E-state index contributed by atoms with van der Waals surface area (Å²) in [5, 5.41) is 1.18. The van der Waals surface area contributed by atoms with E-state index in [1.807, 2.05) is 14.0 Å². The van der Waals surface area contributed by atoms with Gasteiger partial charge in [0.1, 0.15) is 0 Å². The summed E-state index contributed by atoms with van der Waals surface area (Å²) in [6.07, 6.45) is 2.39. The summed E-state index contributed by atoms with van der Waals surface area (Å²) in [4.78, 5) is 14.3. The van der Waals surface area contributed by atoms with E-state index in [0.717, 1.165) is 18.7 Å². The fourth-order valence-corrected chi connectivity index (χ4v) is 3.34. The molecule has 2 aromatic rings. The Morgan fingerprint density at radius 1 is 1.22 bits per heavy atom. The monoisotopic (exact) mass is 314 g/mol. The Morgan fingerprint density at radius 2 is 1.87 bits per heavy atom. The Morgan fingerprint density at radius 3 is 2.48 bits per heavy atom. The predicted octanol–water partition coefficient (Wildman–Crippen LogP) is 3.40. The number of nitrogens with zero attached hydrogens (tertiary/aromatic N) is 2. The van der Waals surface area contributed by atoms with Gasteiger partial charge >= 0.3 is 5.97 Å². The molecule has 0 spiro atoms. The first-order valence-corrected chi connectivity index (χ1v) is 8.30. The van der Waals surface area contributed by atoms with Crippen LogP contribution in [0.5, 0.6) is 0 Å². The highest BCUT2D eigenvalue weighted by Crippen LogP contribution is 2.33. The molecule has 0 fully saturated rings. The van der Waals surface area contributed by atoms with Crippen molar-refractivity contribution in [1.29, 1.82) is 0 Å². The van der Waals surface area contributed by atoms with Crippen LogP contribution in [0.1, 0.15) is 44.4 Å². The zero-order valence-corrected chi connectivity index (χ0v) is 14.8. The Balaban J connectivity index is 1.97. The topological polar surface area (TPSA) is 34.5 Å². The quantitative estimate of drug-likeness (QED) is 0.814. The lowest BCUT2D eigenvalue weighted by molar-refractivity contribution is -0.142. The number of ether oxygens (including phenoxy) is 1. The van der Waals surface area contributed by atoms with Crippen LogP contribution < -0.4 is 0 Å². The number of hydrogen-bond acceptors (Lipinski definition) is 3. The molecule has 23 heavy (non-hydrogen) atoms. The van der Waals surface area contributed by atoms with E-state index in [-0.39, 0.29) is 11.5 Å². The van der Waals surface area contributed by atoms with Crippen molar-refractivity contribution in [2.45, 2.75) is 52.7 Å². The molecule has 1 aliphatic rings. The number of carbonyl (C=O) groups is 1. The smallest absolute Gasteiger partial charge is 0.310 e. The summed E-state index contributed by atoms with van der Waals surface area (Å²) in [6.45, 7) is 11.0. The Hall–Kier alpha value is -1.81. The normalized spacial score (nSPS) is 15.2. The van der Waals surface area contributed by atoms with Gasteiger partial charge in [-0.2, -0.15) is 0 Å². The predicted molar refractivity (Wildman–Crippen MR) is 92.3 cm³/mol. The summed E-state index contributed by atoms with van der Waals surface area (Å²) in [5.74, 6) is -0.156. The number of aryl methyl sites for hydroxylation is 1. The molecule has 0 aliphatic carbocycles. The van der Waals surface area contributed by atoms with Gasteiger partial charge < -0.3 is 9.30 Å². The summed E-state index contributed by atoms with van der Waals surface area (Å²) in [6, 6.07) is 4.55. The van der Waals surface area contributed by atoms with Gasteiger partial charge in [-0.05, 0) is 56.5 Å². The van der Waals surface area contributed by atoms with Gasteiger partial charge in [-0.1, -0.05) is 0 Å². The van der Waals surface area contributed by atoms with Crippen LogP contribution in [-0.4, -0.2) is 27.6 Å². The Bertz CT molecular complexity index is 753. The van der Waals surface area contributed by atoms with Crippen LogP contribution in [0.3, 0.4) is 0 Å². The number of aromatic nitrogens is 1. The van der Waals surface area contributed by atoms with Crippen molar-refractivity contribution >= 4 is 16.9 Å². The summed E-state index contributed by atoms with van der Waals surface area (Å²) < 4.78 is 7.22. The van der Waals surface area contributed by atoms with Crippen LogP contribution in [0.2, 0.25) is 0 Å². The second-order valence-corrected chi connectivity index (χ2v) is 7.41. The maximum absolute atomic E-state index is 11.8. The Labute approximate surface area is 138 Å². The SMILES string of the molecule is CCOC(=O)Cc1cn(C)c2cc3c(cc12)CN(C(C)(C)C)C3. The number of esters is 1. The molecule has 2 heterocycles. The molecular weight excluding hydrogens is 288 g/mol. The first-order valence-electron chi connectivity index (χ1n) is 8.30. The van der Waals surface area contributed by atoms with Crippen molar-refractivity contribution in [3.8, 4) is 0 Å². The molecule has 4 heteroatoms. The molecule has 0 bridgehead atoms. The second kappa shape index (κ2) is 5.68. The third kappa shape index (κ3) is 3.00. The number of carbonyl (C=O) groups excluding carboxylic acids is 1. The lowest BCUT2D eigenvalue weighted by Crippen LogP contribution is -2.36. The fraction of sp³-hybridized carbons (Fsp3) is 0.526. The van der Waals surface area contributed by atoms with Gasteiger partial charge in [-0.15, -0.1) is 0 Å². The molecule has 0 saturated heterocycles. The van der Waals surface area contributed by atoms with Crippen molar-refractivity contribution in [3.63, 3.8) is 0 Å². The van der Waals surface area contributed by atoms with Crippen LogP contribution >= 0.6 is 0 Å². The minimum Gasteiger partial charge on any atom is -0.466 e. The average molecular weight is 314 g/mol. The van der Waals surface area contributed by atoms with E-state index in [4.69, 9.17) is 4.74 Å². The van der Waals surface area contributed by atoms with E-state index in [1.54, 1.807) is 0 Å². The second-order valence-electron chi connectivity index (χ2n) is 7.41. The van der Waals surface area contributed by atoms with Crippen LogP contribution in [0, 0.1) is 0 Å². The van der Waals surface area contributed by atoms with Crippen molar-refractivity contribution in [2.75, 3.05) is 6.61 Å². The first-order chi connectivity index (χ1) is 10.8.